The van der Waals surface area contributed by atoms with E-state index >= 15 is 0 Å². The number of hydrogen-bond donors (Lipinski definition) is 1. The Kier molecular flexibility index (Phi) is 5.39. The smallest absolute Gasteiger partial charge is 0.274 e. The van der Waals surface area contributed by atoms with E-state index in [2.05, 4.69) is 31.1 Å². The average Bonchev–Trinajstić information content (AvgIpc) is 2.60. The SMILES string of the molecule is CN1CCN(c2ccc(Nc3cc(Br)cn(C)c3=O)nc2)CC1CF. The summed E-state index contributed by atoms with van der Waals surface area (Å²) in [7, 11) is 3.65. The highest BCUT2D eigenvalue weighted by molar-refractivity contribution is 9.10. The number of alkyl halides is 1. The molecule has 3 rings (SSSR count). The molecule has 6 nitrogen and oxygen atoms in total. The largest absolute Gasteiger partial charge is 0.367 e. The first kappa shape index (κ1) is 17.9. The molecule has 0 amide bonds. The van der Waals surface area contributed by atoms with E-state index in [4.69, 9.17) is 0 Å². The first-order valence-electron chi connectivity index (χ1n) is 8.08. The summed E-state index contributed by atoms with van der Waals surface area (Å²) in [5.74, 6) is 0.593. The Labute approximate surface area is 154 Å². The van der Waals surface area contributed by atoms with Gasteiger partial charge in [-0.2, -0.15) is 0 Å². The minimum absolute atomic E-state index is 0.0868. The van der Waals surface area contributed by atoms with Crippen molar-refractivity contribution in [2.24, 2.45) is 7.05 Å². The van der Waals surface area contributed by atoms with E-state index in [9.17, 15) is 9.18 Å². The van der Waals surface area contributed by atoms with Crippen LogP contribution in [0.1, 0.15) is 0 Å². The zero-order chi connectivity index (χ0) is 18.0. The molecule has 1 aliphatic heterocycles. The third kappa shape index (κ3) is 4.01. The van der Waals surface area contributed by atoms with Gasteiger partial charge in [0.25, 0.3) is 5.56 Å². The van der Waals surface area contributed by atoms with E-state index in [0.717, 1.165) is 23.2 Å². The van der Waals surface area contributed by atoms with Crippen LogP contribution in [0.25, 0.3) is 0 Å². The van der Waals surface area contributed by atoms with Gasteiger partial charge in [0.1, 0.15) is 18.2 Å². The number of aromatic nitrogens is 2. The summed E-state index contributed by atoms with van der Waals surface area (Å²) in [4.78, 5) is 20.7. The van der Waals surface area contributed by atoms with E-state index in [1.54, 1.807) is 25.5 Å². The summed E-state index contributed by atoms with van der Waals surface area (Å²) >= 11 is 3.38. The second-order valence-electron chi connectivity index (χ2n) is 6.25. The molecular weight excluding hydrogens is 389 g/mol. The zero-order valence-electron chi connectivity index (χ0n) is 14.2. The molecule has 8 heteroatoms. The van der Waals surface area contributed by atoms with Gasteiger partial charge in [0.05, 0.1) is 17.9 Å². The van der Waals surface area contributed by atoms with Crippen LogP contribution in [0.5, 0.6) is 0 Å². The first-order valence-corrected chi connectivity index (χ1v) is 8.87. The van der Waals surface area contributed by atoms with Gasteiger partial charge in [-0.25, -0.2) is 9.37 Å². The molecule has 0 saturated carbocycles. The molecule has 0 bridgehead atoms. The molecule has 2 aromatic rings. The van der Waals surface area contributed by atoms with Crippen molar-refractivity contribution < 1.29 is 4.39 Å². The van der Waals surface area contributed by atoms with Gasteiger partial charge in [-0.1, -0.05) is 0 Å². The lowest BCUT2D eigenvalue weighted by molar-refractivity contribution is 0.183. The molecule has 2 aromatic heterocycles. The number of rotatable bonds is 4. The molecule has 3 heterocycles. The quantitative estimate of drug-likeness (QED) is 0.839. The molecule has 0 radical (unpaired) electrons. The Morgan fingerprint density at radius 2 is 2.16 bits per heavy atom. The van der Waals surface area contributed by atoms with Gasteiger partial charge in [0, 0.05) is 37.4 Å². The van der Waals surface area contributed by atoms with Crippen molar-refractivity contribution in [1.82, 2.24) is 14.5 Å². The number of nitrogens with one attached hydrogen (secondary N) is 1. The molecule has 25 heavy (non-hydrogen) atoms. The fourth-order valence-electron chi connectivity index (χ4n) is 2.89. The van der Waals surface area contributed by atoms with Gasteiger partial charge < -0.3 is 14.8 Å². The fourth-order valence-corrected chi connectivity index (χ4v) is 3.43. The molecule has 1 atom stereocenters. The van der Waals surface area contributed by atoms with Crippen LogP contribution >= 0.6 is 15.9 Å². The second kappa shape index (κ2) is 7.53. The molecule has 134 valence electrons. The van der Waals surface area contributed by atoms with Gasteiger partial charge in [-0.05, 0) is 41.2 Å². The molecule has 1 fully saturated rings. The van der Waals surface area contributed by atoms with E-state index < -0.39 is 0 Å². The van der Waals surface area contributed by atoms with E-state index in [0.29, 0.717) is 18.1 Å². The zero-order valence-corrected chi connectivity index (χ0v) is 15.8. The van der Waals surface area contributed by atoms with Crippen LogP contribution < -0.4 is 15.8 Å². The number of likely N-dealkylation sites (N-methyl/N-ethyl adjacent to an activating group) is 1. The highest BCUT2D eigenvalue weighted by atomic mass is 79.9. The predicted octanol–water partition coefficient (Wildman–Crippen LogP) is 2.38. The number of anilines is 3. The lowest BCUT2D eigenvalue weighted by atomic mass is 10.2. The Morgan fingerprint density at radius 3 is 2.84 bits per heavy atom. The highest BCUT2D eigenvalue weighted by Gasteiger charge is 2.24. The van der Waals surface area contributed by atoms with Gasteiger partial charge in [-0.15, -0.1) is 0 Å². The lowest BCUT2D eigenvalue weighted by Gasteiger charge is -2.39. The van der Waals surface area contributed by atoms with Crippen molar-refractivity contribution in [3.8, 4) is 0 Å². The number of nitrogens with zero attached hydrogens (tertiary/aromatic N) is 4. The van der Waals surface area contributed by atoms with Crippen molar-refractivity contribution in [3.63, 3.8) is 0 Å². The Bertz CT molecular complexity index is 795. The number of hydrogen-bond acceptors (Lipinski definition) is 5. The molecular formula is C17H21BrFN5O. The van der Waals surface area contributed by atoms with E-state index in [1.807, 2.05) is 24.1 Å². The van der Waals surface area contributed by atoms with Crippen molar-refractivity contribution >= 4 is 33.1 Å². The van der Waals surface area contributed by atoms with Gasteiger partial charge in [0.15, 0.2) is 0 Å². The molecule has 0 spiro atoms. The van der Waals surface area contributed by atoms with Gasteiger partial charge in [0.2, 0.25) is 0 Å². The lowest BCUT2D eigenvalue weighted by Crippen LogP contribution is -2.52. The van der Waals surface area contributed by atoms with Crippen LogP contribution in [0.15, 0.2) is 39.9 Å². The monoisotopic (exact) mass is 409 g/mol. The van der Waals surface area contributed by atoms with Crippen molar-refractivity contribution in [2.45, 2.75) is 6.04 Å². The topological polar surface area (TPSA) is 53.4 Å². The van der Waals surface area contributed by atoms with Crippen molar-refractivity contribution in [1.29, 1.82) is 0 Å². The van der Waals surface area contributed by atoms with Crippen LogP contribution in [0.2, 0.25) is 0 Å². The first-order chi connectivity index (χ1) is 12.0. The maximum absolute atomic E-state index is 13.1. The number of pyridine rings is 2. The molecule has 1 saturated heterocycles. The van der Waals surface area contributed by atoms with Gasteiger partial charge in [-0.3, -0.25) is 9.69 Å². The molecule has 0 aliphatic carbocycles. The number of halogens is 2. The summed E-state index contributed by atoms with van der Waals surface area (Å²) in [6.45, 7) is 1.95. The summed E-state index contributed by atoms with van der Waals surface area (Å²) in [6, 6.07) is 5.41. The van der Waals surface area contributed by atoms with Crippen LogP contribution in [0.3, 0.4) is 0 Å². The van der Waals surface area contributed by atoms with Crippen LogP contribution in [0, 0.1) is 0 Å². The summed E-state index contributed by atoms with van der Waals surface area (Å²) < 4.78 is 15.4. The average molecular weight is 410 g/mol. The number of aryl methyl sites for hydroxylation is 1. The molecule has 1 unspecified atom stereocenters. The fraction of sp³-hybridized carbons (Fsp3) is 0.412. The maximum Gasteiger partial charge on any atom is 0.274 e. The highest BCUT2D eigenvalue weighted by Crippen LogP contribution is 2.21. The standard InChI is InChI=1S/C17H21BrFN5O/c1-22-5-6-24(11-14(22)8-19)13-3-4-16(20-9-13)21-15-7-12(18)10-23(2)17(15)25/h3-4,7,9-10,14H,5-6,8,11H2,1-2H3,(H,20,21). The van der Waals surface area contributed by atoms with Crippen molar-refractivity contribution in [2.75, 3.05) is 43.6 Å². The van der Waals surface area contributed by atoms with Crippen LogP contribution in [0.4, 0.5) is 21.6 Å². The minimum atomic E-state index is -0.355. The summed E-state index contributed by atoms with van der Waals surface area (Å²) in [6.07, 6.45) is 3.46. The molecule has 1 N–H and O–H groups in total. The van der Waals surface area contributed by atoms with Crippen LogP contribution in [-0.2, 0) is 7.05 Å². The van der Waals surface area contributed by atoms with Crippen LogP contribution in [-0.4, -0.2) is 53.8 Å². The summed E-state index contributed by atoms with van der Waals surface area (Å²) in [5.41, 5.74) is 1.28. The van der Waals surface area contributed by atoms with Crippen molar-refractivity contribution in [3.05, 3.63) is 45.4 Å². The Hall–Kier alpha value is -1.93. The number of piperazine rings is 1. The summed E-state index contributed by atoms with van der Waals surface area (Å²) in [5, 5.41) is 3.05. The minimum Gasteiger partial charge on any atom is -0.367 e. The third-order valence-corrected chi connectivity index (χ3v) is 4.91. The Morgan fingerprint density at radius 1 is 1.36 bits per heavy atom. The van der Waals surface area contributed by atoms with Gasteiger partial charge >= 0.3 is 0 Å². The molecule has 0 aromatic carbocycles. The van der Waals surface area contributed by atoms with E-state index in [-0.39, 0.29) is 18.3 Å². The predicted molar refractivity (Wildman–Crippen MR) is 102 cm³/mol. The maximum atomic E-state index is 13.1. The third-order valence-electron chi connectivity index (χ3n) is 4.48. The molecule has 1 aliphatic rings. The second-order valence-corrected chi connectivity index (χ2v) is 7.17. The normalized spacial score (nSPS) is 18.4. The van der Waals surface area contributed by atoms with E-state index in [1.165, 1.54) is 4.57 Å². The Balaban J connectivity index is 1.74.